The number of aromatic nitrogens is 2. The van der Waals surface area contributed by atoms with E-state index in [0.717, 1.165) is 117 Å². The van der Waals surface area contributed by atoms with Crippen LogP contribution in [0.15, 0.2) is 237 Å². The molecular weight excluding hydrogens is 877 g/mol. The molecule has 0 saturated heterocycles. The van der Waals surface area contributed by atoms with Crippen molar-refractivity contribution >= 4 is 111 Å². The van der Waals surface area contributed by atoms with Gasteiger partial charge in [-0.1, -0.05) is 121 Å². The molecular formula is C61H38N8O2. The van der Waals surface area contributed by atoms with E-state index in [1.165, 1.54) is 10.8 Å². The molecule has 2 unspecified atom stereocenters. The first-order chi connectivity index (χ1) is 35.1. The van der Waals surface area contributed by atoms with Crippen LogP contribution < -0.4 is 16.0 Å². The number of para-hydroxylation sites is 4. The third kappa shape index (κ3) is 5.17. The summed E-state index contributed by atoms with van der Waals surface area (Å²) in [7, 11) is 0. The topological polar surface area (TPSA) is 123 Å². The van der Waals surface area contributed by atoms with Gasteiger partial charge in [-0.15, -0.1) is 0 Å². The predicted octanol–water partition coefficient (Wildman–Crippen LogP) is 13.8. The van der Waals surface area contributed by atoms with E-state index in [1.54, 1.807) is 0 Å². The summed E-state index contributed by atoms with van der Waals surface area (Å²) in [4.78, 5) is 15.7. The average Bonchev–Trinajstić information content (AvgIpc) is 3.94. The zero-order valence-electron chi connectivity index (χ0n) is 37.7. The Labute approximate surface area is 404 Å². The minimum Gasteiger partial charge on any atom is -0.507 e. The molecule has 0 saturated carbocycles. The first kappa shape index (κ1) is 38.3. The number of rotatable bonds is 3. The van der Waals surface area contributed by atoms with Gasteiger partial charge < -0.3 is 26.2 Å². The lowest BCUT2D eigenvalue weighted by Gasteiger charge is -2.38. The van der Waals surface area contributed by atoms with Crippen LogP contribution in [0.25, 0.3) is 70.7 Å². The molecule has 10 nitrogen and oxygen atoms in total. The van der Waals surface area contributed by atoms with Crippen molar-refractivity contribution in [2.75, 3.05) is 10.6 Å². The molecule has 16 rings (SSSR count). The number of aliphatic hydroxyl groups is 2. The Morgan fingerprint density at radius 1 is 0.437 bits per heavy atom. The lowest BCUT2D eigenvalue weighted by Crippen LogP contribution is -2.36. The first-order valence-electron chi connectivity index (χ1n) is 23.9. The van der Waals surface area contributed by atoms with Crippen molar-refractivity contribution in [1.82, 2.24) is 14.5 Å². The maximum absolute atomic E-state index is 12.1. The lowest BCUT2D eigenvalue weighted by atomic mass is 9.69. The number of fused-ring (bicyclic) bond motifs is 6. The minimum atomic E-state index is -0.316. The first-order valence-corrected chi connectivity index (χ1v) is 23.9. The van der Waals surface area contributed by atoms with Crippen molar-refractivity contribution in [2.24, 2.45) is 26.8 Å². The number of allylic oxidation sites excluding steroid dienone is 8. The number of aliphatic imine (C=N–C) groups is 3. The van der Waals surface area contributed by atoms with E-state index in [9.17, 15) is 10.2 Å². The Morgan fingerprint density at radius 2 is 0.930 bits per heavy atom. The van der Waals surface area contributed by atoms with Gasteiger partial charge in [-0.3, -0.25) is 9.13 Å². The number of anilines is 2. The van der Waals surface area contributed by atoms with E-state index in [1.807, 2.05) is 36.4 Å². The van der Waals surface area contributed by atoms with Crippen molar-refractivity contribution in [1.29, 1.82) is 0 Å². The molecule has 0 fully saturated rings. The number of hydrogen-bond acceptors (Lipinski definition) is 8. The highest BCUT2D eigenvalue weighted by Crippen LogP contribution is 2.53. The summed E-state index contributed by atoms with van der Waals surface area (Å²) in [6.45, 7) is 0. The average molecular weight is 915 g/mol. The van der Waals surface area contributed by atoms with Crippen LogP contribution in [0.5, 0.6) is 0 Å². The second kappa shape index (κ2) is 14.0. The van der Waals surface area contributed by atoms with Crippen molar-refractivity contribution in [3.63, 3.8) is 0 Å². The summed E-state index contributed by atoms with van der Waals surface area (Å²) in [5.74, 6) is 1.92. The molecule has 71 heavy (non-hydrogen) atoms. The van der Waals surface area contributed by atoms with Gasteiger partial charge in [-0.25, -0.2) is 15.0 Å². The molecule has 10 heteroatoms. The van der Waals surface area contributed by atoms with Crippen LogP contribution in [0.2, 0.25) is 0 Å². The predicted molar refractivity (Wildman–Crippen MR) is 288 cm³/mol. The molecule has 3 aliphatic heterocycles. The highest BCUT2D eigenvalue weighted by molar-refractivity contribution is 6.24. The van der Waals surface area contributed by atoms with Crippen LogP contribution in [0.1, 0.15) is 11.1 Å². The van der Waals surface area contributed by atoms with Crippen molar-refractivity contribution in [3.05, 3.63) is 233 Å². The highest BCUT2D eigenvalue weighted by atomic mass is 16.3. The van der Waals surface area contributed by atoms with Gasteiger partial charge in [0.2, 0.25) is 11.9 Å². The number of amidine groups is 1. The number of nitrogens with one attached hydrogen (secondary N) is 3. The van der Waals surface area contributed by atoms with Gasteiger partial charge in [-0.05, 0) is 83.1 Å². The molecule has 5 N–H and O–H groups in total. The molecule has 0 radical (unpaired) electrons. The second-order valence-electron chi connectivity index (χ2n) is 18.8. The summed E-state index contributed by atoms with van der Waals surface area (Å²) in [5.41, 5.74) is 13.4. The molecule has 334 valence electrons. The second-order valence-corrected chi connectivity index (χ2v) is 18.8. The van der Waals surface area contributed by atoms with Gasteiger partial charge in [0.25, 0.3) is 0 Å². The maximum atomic E-state index is 12.1. The molecule has 8 aromatic carbocycles. The van der Waals surface area contributed by atoms with Crippen molar-refractivity contribution in [3.8, 4) is 0 Å². The van der Waals surface area contributed by atoms with E-state index >= 15 is 0 Å². The lowest BCUT2D eigenvalue weighted by molar-refractivity contribution is 0.346. The van der Waals surface area contributed by atoms with Crippen LogP contribution in [-0.4, -0.2) is 37.1 Å². The van der Waals surface area contributed by atoms with E-state index in [0.29, 0.717) is 17.1 Å². The highest BCUT2D eigenvalue weighted by Gasteiger charge is 2.43. The van der Waals surface area contributed by atoms with Crippen LogP contribution in [0.3, 0.4) is 0 Å². The minimum absolute atomic E-state index is 0.0963. The van der Waals surface area contributed by atoms with Crippen LogP contribution in [0, 0.1) is 11.8 Å². The van der Waals surface area contributed by atoms with Gasteiger partial charge in [0.05, 0.1) is 56.1 Å². The molecule has 3 aliphatic carbocycles. The number of hydrogen-bond donors (Lipinski definition) is 5. The SMILES string of the molecule is OC1=C(c2ccc3c4c(cccc24)N=C(n2c4ccccc4c4ccccc42)N3)C(O)=C1C1C=CC2=C3C(=CC=CC31)NC(c1ccc3c4c(cccc14)N=C(n1c4ccccc4c4ccccc41)N3)=N2. The fraction of sp³-hybridized carbons (Fsp3) is 0.0328. The van der Waals surface area contributed by atoms with Gasteiger partial charge in [-0.2, -0.15) is 0 Å². The Bertz CT molecular complexity index is 4360. The van der Waals surface area contributed by atoms with Crippen LogP contribution in [0.4, 0.5) is 22.7 Å². The summed E-state index contributed by atoms with van der Waals surface area (Å²) in [6.07, 6.45) is 10.4. The van der Waals surface area contributed by atoms with E-state index in [-0.39, 0.29) is 23.4 Å². The van der Waals surface area contributed by atoms with Gasteiger partial charge in [0.15, 0.2) is 0 Å². The Balaban J connectivity index is 0.728. The van der Waals surface area contributed by atoms with E-state index in [4.69, 9.17) is 15.0 Å². The molecule has 2 atom stereocenters. The smallest absolute Gasteiger partial charge is 0.213 e. The summed E-state index contributed by atoms with van der Waals surface area (Å²) in [5, 5.41) is 43.7. The normalized spacial score (nSPS) is 18.6. The van der Waals surface area contributed by atoms with E-state index < -0.39 is 0 Å². The molecule has 0 bridgehead atoms. The van der Waals surface area contributed by atoms with Gasteiger partial charge in [0, 0.05) is 66.6 Å². The summed E-state index contributed by atoms with van der Waals surface area (Å²) < 4.78 is 4.39. The Hall–Kier alpha value is -9.67. The zero-order valence-corrected chi connectivity index (χ0v) is 37.7. The zero-order chi connectivity index (χ0) is 46.6. The van der Waals surface area contributed by atoms with Crippen molar-refractivity contribution in [2.45, 2.75) is 0 Å². The van der Waals surface area contributed by atoms with Crippen molar-refractivity contribution < 1.29 is 10.2 Å². The standard InChI is InChI=1S/C61H38N8O2/c70-57-55(58(71)56(57)40-27-30-46-53-37(40)17-10-20-43(53)64-60(66-46)68-48-22-5-1-12-32(48)33-13-2-6-23-49(33)68)39-26-29-45-52-36(39)16-9-19-42(52)62-59(63-45)41-28-31-47-54-38(41)18-11-21-44(54)65-61(67-47)69-50-24-7-3-14-34(50)35-15-4-8-25-51(35)69/h1-31,36,39,70-71H,(H,62,63)(H,64,66)(H,65,67). The Kier molecular flexibility index (Phi) is 7.53. The summed E-state index contributed by atoms with van der Waals surface area (Å²) >= 11 is 0. The Morgan fingerprint density at radius 3 is 1.48 bits per heavy atom. The molecule has 0 spiro atoms. The van der Waals surface area contributed by atoms with Gasteiger partial charge >= 0.3 is 0 Å². The number of aliphatic hydroxyl groups excluding tert-OH is 2. The third-order valence-corrected chi connectivity index (χ3v) is 15.2. The van der Waals surface area contributed by atoms with Gasteiger partial charge in [0.1, 0.15) is 17.4 Å². The molecule has 0 amide bonds. The van der Waals surface area contributed by atoms with Crippen LogP contribution >= 0.6 is 0 Å². The molecule has 2 aromatic heterocycles. The molecule has 6 aliphatic rings. The number of benzene rings is 8. The fourth-order valence-corrected chi connectivity index (χ4v) is 12.2. The quantitative estimate of drug-likeness (QED) is 0.121. The van der Waals surface area contributed by atoms with E-state index in [2.05, 4.69) is 177 Å². The fourth-order valence-electron chi connectivity index (χ4n) is 12.2. The number of nitrogens with zero attached hydrogens (tertiary/aromatic N) is 5. The monoisotopic (exact) mass is 914 g/mol. The maximum Gasteiger partial charge on any atom is 0.213 e. The summed E-state index contributed by atoms with van der Waals surface area (Å²) in [6, 6.07) is 54.3. The largest absolute Gasteiger partial charge is 0.507 e. The molecule has 5 heterocycles. The third-order valence-electron chi connectivity index (χ3n) is 15.2. The molecule has 10 aromatic rings. The van der Waals surface area contributed by atoms with Crippen LogP contribution in [-0.2, 0) is 0 Å².